The second-order valence-corrected chi connectivity index (χ2v) is 5.58. The minimum absolute atomic E-state index is 0.230. The Morgan fingerprint density at radius 1 is 1.15 bits per heavy atom. The summed E-state index contributed by atoms with van der Waals surface area (Å²) in [6, 6.07) is 14.4. The van der Waals surface area contributed by atoms with Crippen LogP contribution in [-0.4, -0.2) is 11.2 Å². The molecule has 2 atom stereocenters. The van der Waals surface area contributed by atoms with Crippen molar-refractivity contribution < 1.29 is 9.50 Å². The van der Waals surface area contributed by atoms with Crippen molar-refractivity contribution in [2.45, 2.75) is 31.8 Å². The second-order valence-electron chi connectivity index (χ2n) is 5.14. The molecular formula is C17H18ClFO. The quantitative estimate of drug-likeness (QED) is 0.855. The summed E-state index contributed by atoms with van der Waals surface area (Å²) in [5.74, 6) is -0.0886. The molecule has 0 aliphatic rings. The minimum atomic E-state index is -0.585. The molecule has 0 aliphatic heterocycles. The first-order chi connectivity index (χ1) is 9.56. The van der Waals surface area contributed by atoms with E-state index in [-0.39, 0.29) is 18.2 Å². The van der Waals surface area contributed by atoms with E-state index in [1.54, 1.807) is 6.07 Å². The molecule has 2 aromatic carbocycles. The molecule has 0 spiro atoms. The van der Waals surface area contributed by atoms with Crippen LogP contribution in [0.2, 0.25) is 5.02 Å². The van der Waals surface area contributed by atoms with Gasteiger partial charge < -0.3 is 5.11 Å². The van der Waals surface area contributed by atoms with Gasteiger partial charge in [-0.15, -0.1) is 0 Å². The summed E-state index contributed by atoms with van der Waals surface area (Å²) in [7, 11) is 0. The predicted octanol–water partition coefficient (Wildman–Crippen LogP) is 4.58. The fraction of sp³-hybridized carbons (Fsp3) is 0.294. The van der Waals surface area contributed by atoms with Crippen molar-refractivity contribution in [3.05, 3.63) is 70.5 Å². The number of hydrogen-bond acceptors (Lipinski definition) is 1. The van der Waals surface area contributed by atoms with Gasteiger partial charge in [0.05, 0.1) is 6.10 Å². The summed E-state index contributed by atoms with van der Waals surface area (Å²) in [6.45, 7) is 2.06. The SMILES string of the molecule is CC(CC(O)Cc1cc(Cl)ccc1F)c1ccccc1. The highest BCUT2D eigenvalue weighted by Gasteiger charge is 2.14. The van der Waals surface area contributed by atoms with Crippen LogP contribution in [0.5, 0.6) is 0 Å². The highest BCUT2D eigenvalue weighted by molar-refractivity contribution is 6.30. The molecule has 3 heteroatoms. The lowest BCUT2D eigenvalue weighted by atomic mass is 9.92. The minimum Gasteiger partial charge on any atom is -0.393 e. The molecule has 0 saturated heterocycles. The van der Waals surface area contributed by atoms with Gasteiger partial charge in [-0.05, 0) is 41.7 Å². The topological polar surface area (TPSA) is 20.2 Å². The van der Waals surface area contributed by atoms with Crippen LogP contribution in [0.1, 0.15) is 30.4 Å². The van der Waals surface area contributed by atoms with E-state index in [1.165, 1.54) is 17.7 Å². The van der Waals surface area contributed by atoms with Crippen molar-refractivity contribution in [3.8, 4) is 0 Å². The van der Waals surface area contributed by atoms with Gasteiger partial charge in [0, 0.05) is 11.4 Å². The van der Waals surface area contributed by atoms with Crippen LogP contribution < -0.4 is 0 Å². The Kier molecular flexibility index (Phi) is 5.16. The van der Waals surface area contributed by atoms with Gasteiger partial charge in [0.15, 0.2) is 0 Å². The number of benzene rings is 2. The molecule has 0 bridgehead atoms. The highest BCUT2D eigenvalue weighted by atomic mass is 35.5. The first-order valence-corrected chi connectivity index (χ1v) is 7.11. The Labute approximate surface area is 124 Å². The molecular weight excluding hydrogens is 275 g/mol. The summed E-state index contributed by atoms with van der Waals surface area (Å²) in [5.41, 5.74) is 1.64. The van der Waals surface area contributed by atoms with Crippen LogP contribution in [0.3, 0.4) is 0 Å². The van der Waals surface area contributed by atoms with E-state index in [0.29, 0.717) is 17.0 Å². The van der Waals surface area contributed by atoms with Crippen LogP contribution in [0.4, 0.5) is 4.39 Å². The molecule has 20 heavy (non-hydrogen) atoms. The Morgan fingerprint density at radius 3 is 2.55 bits per heavy atom. The smallest absolute Gasteiger partial charge is 0.126 e. The van der Waals surface area contributed by atoms with Gasteiger partial charge in [0.1, 0.15) is 5.82 Å². The summed E-state index contributed by atoms with van der Waals surface area (Å²) >= 11 is 5.85. The van der Waals surface area contributed by atoms with E-state index in [9.17, 15) is 9.50 Å². The van der Waals surface area contributed by atoms with E-state index >= 15 is 0 Å². The Morgan fingerprint density at radius 2 is 1.85 bits per heavy atom. The van der Waals surface area contributed by atoms with Crippen LogP contribution in [0, 0.1) is 5.82 Å². The number of rotatable bonds is 5. The number of aliphatic hydroxyl groups is 1. The zero-order chi connectivity index (χ0) is 14.5. The zero-order valence-corrected chi connectivity index (χ0v) is 12.1. The average Bonchev–Trinajstić information content (AvgIpc) is 2.43. The number of aliphatic hydroxyl groups excluding tert-OH is 1. The van der Waals surface area contributed by atoms with Crippen molar-refractivity contribution in [2.75, 3.05) is 0 Å². The normalized spacial score (nSPS) is 14.0. The third-order valence-electron chi connectivity index (χ3n) is 3.46. The van der Waals surface area contributed by atoms with E-state index in [2.05, 4.69) is 6.92 Å². The van der Waals surface area contributed by atoms with E-state index < -0.39 is 6.10 Å². The molecule has 0 heterocycles. The van der Waals surface area contributed by atoms with Gasteiger partial charge in [0.2, 0.25) is 0 Å². The van der Waals surface area contributed by atoms with E-state index in [0.717, 1.165) is 0 Å². The van der Waals surface area contributed by atoms with Crippen molar-refractivity contribution in [3.63, 3.8) is 0 Å². The summed E-state index contributed by atoms with van der Waals surface area (Å²) < 4.78 is 13.6. The van der Waals surface area contributed by atoms with Crippen LogP contribution >= 0.6 is 11.6 Å². The van der Waals surface area contributed by atoms with Crippen molar-refractivity contribution in [1.82, 2.24) is 0 Å². The van der Waals surface area contributed by atoms with Crippen LogP contribution in [-0.2, 0) is 6.42 Å². The molecule has 2 aromatic rings. The fourth-order valence-electron chi connectivity index (χ4n) is 2.36. The van der Waals surface area contributed by atoms with Gasteiger partial charge in [0.25, 0.3) is 0 Å². The third-order valence-corrected chi connectivity index (χ3v) is 3.69. The second kappa shape index (κ2) is 6.87. The van der Waals surface area contributed by atoms with E-state index in [1.807, 2.05) is 30.3 Å². The molecule has 1 nitrogen and oxygen atoms in total. The first kappa shape index (κ1) is 15.0. The molecule has 0 aromatic heterocycles. The molecule has 2 unspecified atom stereocenters. The molecule has 0 fully saturated rings. The monoisotopic (exact) mass is 292 g/mol. The molecule has 1 N–H and O–H groups in total. The van der Waals surface area contributed by atoms with Gasteiger partial charge in [-0.2, -0.15) is 0 Å². The summed E-state index contributed by atoms with van der Waals surface area (Å²) in [6.07, 6.45) is 0.290. The van der Waals surface area contributed by atoms with Gasteiger partial charge in [-0.3, -0.25) is 0 Å². The highest BCUT2D eigenvalue weighted by Crippen LogP contribution is 2.23. The number of halogens is 2. The molecule has 0 saturated carbocycles. The van der Waals surface area contributed by atoms with Crippen molar-refractivity contribution in [2.24, 2.45) is 0 Å². The van der Waals surface area contributed by atoms with Crippen molar-refractivity contribution in [1.29, 1.82) is 0 Å². The standard InChI is InChI=1S/C17H18ClFO/c1-12(13-5-3-2-4-6-13)9-16(20)11-14-10-15(18)7-8-17(14)19/h2-8,10,12,16,20H,9,11H2,1H3. The van der Waals surface area contributed by atoms with E-state index in [4.69, 9.17) is 11.6 Å². The van der Waals surface area contributed by atoms with Crippen LogP contribution in [0.15, 0.2) is 48.5 Å². The molecule has 0 radical (unpaired) electrons. The Hall–Kier alpha value is -1.38. The lowest BCUT2D eigenvalue weighted by Gasteiger charge is -2.17. The van der Waals surface area contributed by atoms with Gasteiger partial charge in [-0.25, -0.2) is 4.39 Å². The molecule has 0 amide bonds. The number of hydrogen-bond donors (Lipinski definition) is 1. The largest absolute Gasteiger partial charge is 0.393 e. The van der Waals surface area contributed by atoms with Gasteiger partial charge >= 0.3 is 0 Å². The molecule has 0 aliphatic carbocycles. The van der Waals surface area contributed by atoms with Crippen LogP contribution in [0.25, 0.3) is 0 Å². The Bertz CT molecular complexity index is 556. The van der Waals surface area contributed by atoms with Crippen molar-refractivity contribution >= 4 is 11.6 Å². The maximum Gasteiger partial charge on any atom is 0.126 e. The average molecular weight is 293 g/mol. The Balaban J connectivity index is 1.99. The lowest BCUT2D eigenvalue weighted by Crippen LogP contribution is -2.14. The third kappa shape index (κ3) is 4.06. The summed E-state index contributed by atoms with van der Waals surface area (Å²) in [5, 5.41) is 10.6. The summed E-state index contributed by atoms with van der Waals surface area (Å²) in [4.78, 5) is 0. The van der Waals surface area contributed by atoms with Gasteiger partial charge in [-0.1, -0.05) is 48.9 Å². The maximum atomic E-state index is 13.6. The fourth-order valence-corrected chi connectivity index (χ4v) is 2.56. The molecule has 106 valence electrons. The first-order valence-electron chi connectivity index (χ1n) is 6.73. The zero-order valence-electron chi connectivity index (χ0n) is 11.4. The molecule has 2 rings (SSSR count). The maximum absolute atomic E-state index is 13.6. The lowest BCUT2D eigenvalue weighted by molar-refractivity contribution is 0.156. The predicted molar refractivity (Wildman–Crippen MR) is 80.6 cm³/mol.